The Bertz CT molecular complexity index is 687. The zero-order valence-electron chi connectivity index (χ0n) is 12.6. The van der Waals surface area contributed by atoms with Crippen molar-refractivity contribution < 1.29 is 13.2 Å². The number of aryl methyl sites for hydroxylation is 1. The molecular formula is C14H20N4O3S. The molecule has 2 heterocycles. The van der Waals surface area contributed by atoms with Crippen LogP contribution in [0.15, 0.2) is 12.4 Å². The normalized spacial score (nSPS) is 24.8. The maximum atomic E-state index is 12.5. The second-order valence-corrected chi connectivity index (χ2v) is 7.96. The Hall–Kier alpha value is -1.43. The Morgan fingerprint density at radius 1 is 1.55 bits per heavy atom. The van der Waals surface area contributed by atoms with Gasteiger partial charge in [-0.1, -0.05) is 0 Å². The molecule has 0 radical (unpaired) electrons. The average molecular weight is 324 g/mol. The number of nitrogens with zero attached hydrogens (tertiary/aromatic N) is 4. The highest BCUT2D eigenvalue weighted by atomic mass is 32.2. The van der Waals surface area contributed by atoms with Gasteiger partial charge in [0.05, 0.1) is 36.1 Å². The molecule has 3 rings (SSSR count). The van der Waals surface area contributed by atoms with Crippen molar-refractivity contribution in [1.82, 2.24) is 14.1 Å². The first-order valence-electron chi connectivity index (χ1n) is 7.51. The zero-order valence-corrected chi connectivity index (χ0v) is 13.4. The van der Waals surface area contributed by atoms with E-state index in [1.54, 1.807) is 10.9 Å². The van der Waals surface area contributed by atoms with Gasteiger partial charge in [-0.05, 0) is 19.8 Å². The van der Waals surface area contributed by atoms with Crippen LogP contribution < -0.4 is 0 Å². The van der Waals surface area contributed by atoms with E-state index in [4.69, 9.17) is 10.00 Å². The van der Waals surface area contributed by atoms with Crippen molar-refractivity contribution in [2.24, 2.45) is 5.41 Å². The molecular weight excluding hydrogens is 304 g/mol. The van der Waals surface area contributed by atoms with Crippen LogP contribution >= 0.6 is 0 Å². The maximum Gasteiger partial charge on any atom is 0.215 e. The number of aromatic nitrogens is 2. The average Bonchev–Trinajstić information content (AvgIpc) is 3.12. The van der Waals surface area contributed by atoms with Gasteiger partial charge in [-0.25, -0.2) is 8.42 Å². The number of hydrogen-bond acceptors (Lipinski definition) is 5. The lowest BCUT2D eigenvalue weighted by atomic mass is 10.2. The molecule has 0 spiro atoms. The van der Waals surface area contributed by atoms with Crippen molar-refractivity contribution in [3.63, 3.8) is 0 Å². The molecule has 1 atom stereocenters. The van der Waals surface area contributed by atoms with Gasteiger partial charge in [-0.15, -0.1) is 0 Å². The Balaban J connectivity index is 1.71. The topological polar surface area (TPSA) is 88.2 Å². The molecule has 1 aromatic rings. The Kier molecular flexibility index (Phi) is 3.97. The molecule has 7 nitrogen and oxygen atoms in total. The zero-order chi connectivity index (χ0) is 15.8. The highest BCUT2D eigenvalue weighted by Crippen LogP contribution is 2.46. The lowest BCUT2D eigenvalue weighted by molar-refractivity contribution is -0.00267. The largest absolute Gasteiger partial charge is 0.371 e. The quantitative estimate of drug-likeness (QED) is 0.803. The van der Waals surface area contributed by atoms with Crippen LogP contribution in [0.1, 0.15) is 31.4 Å². The predicted octanol–water partition coefficient (Wildman–Crippen LogP) is 0.910. The Morgan fingerprint density at radius 2 is 2.32 bits per heavy atom. The van der Waals surface area contributed by atoms with Gasteiger partial charge in [0.15, 0.2) is 0 Å². The maximum absolute atomic E-state index is 12.5. The van der Waals surface area contributed by atoms with E-state index >= 15 is 0 Å². The molecule has 1 aliphatic heterocycles. The molecule has 0 unspecified atom stereocenters. The van der Waals surface area contributed by atoms with Crippen molar-refractivity contribution in [1.29, 1.82) is 5.26 Å². The van der Waals surface area contributed by atoms with Gasteiger partial charge < -0.3 is 4.74 Å². The number of hydrogen-bond donors (Lipinski definition) is 0. The molecule has 0 N–H and O–H groups in total. The van der Waals surface area contributed by atoms with Gasteiger partial charge >= 0.3 is 0 Å². The lowest BCUT2D eigenvalue weighted by Gasteiger charge is -2.32. The highest BCUT2D eigenvalue weighted by Gasteiger charge is 2.48. The molecule has 2 fully saturated rings. The molecule has 8 heteroatoms. The van der Waals surface area contributed by atoms with Crippen molar-refractivity contribution in [2.45, 2.75) is 32.4 Å². The summed E-state index contributed by atoms with van der Waals surface area (Å²) in [6.07, 6.45) is 4.68. The van der Waals surface area contributed by atoms with Crippen LogP contribution in [0, 0.1) is 16.7 Å². The summed E-state index contributed by atoms with van der Waals surface area (Å²) in [7, 11) is -3.43. The van der Waals surface area contributed by atoms with Gasteiger partial charge in [0, 0.05) is 31.4 Å². The summed E-state index contributed by atoms with van der Waals surface area (Å²) in [5, 5.41) is 13.3. The summed E-state index contributed by atoms with van der Waals surface area (Å²) >= 11 is 0. The number of nitriles is 1. The van der Waals surface area contributed by atoms with E-state index in [2.05, 4.69) is 11.2 Å². The molecule has 0 bridgehead atoms. The SMILES string of the molecule is CCn1cc([C@H]2CN(S(=O)(=O)CC3(C#N)CC3)CCO2)cn1. The Morgan fingerprint density at radius 3 is 2.91 bits per heavy atom. The fourth-order valence-corrected chi connectivity index (χ4v) is 4.63. The van der Waals surface area contributed by atoms with Crippen molar-refractivity contribution in [3.05, 3.63) is 18.0 Å². The molecule has 22 heavy (non-hydrogen) atoms. The first kappa shape index (κ1) is 15.5. The monoisotopic (exact) mass is 324 g/mol. The van der Waals surface area contributed by atoms with Crippen molar-refractivity contribution in [2.75, 3.05) is 25.4 Å². The van der Waals surface area contributed by atoms with E-state index in [1.165, 1.54) is 4.31 Å². The molecule has 2 aliphatic rings. The first-order chi connectivity index (χ1) is 10.5. The molecule has 1 saturated carbocycles. The minimum atomic E-state index is -3.43. The van der Waals surface area contributed by atoms with Crippen molar-refractivity contribution in [3.8, 4) is 6.07 Å². The van der Waals surface area contributed by atoms with E-state index in [0.29, 0.717) is 32.5 Å². The third-order valence-corrected chi connectivity index (χ3v) is 6.36. The third-order valence-electron chi connectivity index (χ3n) is 4.32. The fourth-order valence-electron chi connectivity index (χ4n) is 2.68. The van der Waals surface area contributed by atoms with E-state index in [0.717, 1.165) is 12.1 Å². The summed E-state index contributed by atoms with van der Waals surface area (Å²) < 4.78 is 34.0. The summed E-state index contributed by atoms with van der Waals surface area (Å²) in [5.74, 6) is -0.0720. The van der Waals surface area contributed by atoms with E-state index in [1.807, 2.05) is 13.1 Å². The third kappa shape index (κ3) is 3.02. The van der Waals surface area contributed by atoms with E-state index in [9.17, 15) is 8.42 Å². The smallest absolute Gasteiger partial charge is 0.215 e. The lowest BCUT2D eigenvalue weighted by Crippen LogP contribution is -2.44. The van der Waals surface area contributed by atoms with Gasteiger partial charge in [-0.3, -0.25) is 4.68 Å². The molecule has 0 aromatic carbocycles. The highest BCUT2D eigenvalue weighted by molar-refractivity contribution is 7.89. The van der Waals surface area contributed by atoms with Gasteiger partial charge in [0.25, 0.3) is 0 Å². The Labute approximate surface area is 130 Å². The van der Waals surface area contributed by atoms with Gasteiger partial charge in [0.1, 0.15) is 0 Å². The van der Waals surface area contributed by atoms with Crippen molar-refractivity contribution >= 4 is 10.0 Å². The minimum Gasteiger partial charge on any atom is -0.371 e. The van der Waals surface area contributed by atoms with Crippen LogP contribution in [-0.2, 0) is 21.3 Å². The number of rotatable bonds is 5. The molecule has 1 saturated heterocycles. The number of morpholine rings is 1. The van der Waals surface area contributed by atoms with Crippen LogP contribution in [-0.4, -0.2) is 48.0 Å². The second kappa shape index (κ2) is 5.65. The van der Waals surface area contributed by atoms with Crippen LogP contribution in [0.4, 0.5) is 0 Å². The minimum absolute atomic E-state index is 0.0720. The number of ether oxygens (including phenoxy) is 1. The van der Waals surface area contributed by atoms with Crippen LogP contribution in [0.2, 0.25) is 0 Å². The van der Waals surface area contributed by atoms with Crippen LogP contribution in [0.3, 0.4) is 0 Å². The summed E-state index contributed by atoms with van der Waals surface area (Å²) in [4.78, 5) is 0. The second-order valence-electron chi connectivity index (χ2n) is 6.00. The van der Waals surface area contributed by atoms with Crippen LogP contribution in [0.25, 0.3) is 0 Å². The van der Waals surface area contributed by atoms with E-state index in [-0.39, 0.29) is 11.9 Å². The number of sulfonamides is 1. The standard InChI is InChI=1S/C14H20N4O3S/c1-2-17-8-12(7-16-17)13-9-18(5-6-21-13)22(19,20)11-14(10-15)3-4-14/h7-8,13H,2-6,9,11H2,1H3/t13-/m1/s1. The molecule has 120 valence electrons. The van der Waals surface area contributed by atoms with Gasteiger partial charge in [-0.2, -0.15) is 14.7 Å². The summed E-state index contributed by atoms with van der Waals surface area (Å²) in [6.45, 7) is 3.76. The van der Waals surface area contributed by atoms with Crippen LogP contribution in [0.5, 0.6) is 0 Å². The van der Waals surface area contributed by atoms with E-state index < -0.39 is 15.4 Å². The molecule has 0 amide bonds. The molecule has 1 aliphatic carbocycles. The van der Waals surface area contributed by atoms with Gasteiger partial charge in [0.2, 0.25) is 10.0 Å². The fraction of sp³-hybridized carbons (Fsp3) is 0.714. The predicted molar refractivity (Wildman–Crippen MR) is 79.2 cm³/mol. The molecule has 1 aromatic heterocycles. The first-order valence-corrected chi connectivity index (χ1v) is 9.12. The summed E-state index contributed by atoms with van der Waals surface area (Å²) in [6, 6.07) is 2.15. The summed E-state index contributed by atoms with van der Waals surface area (Å²) in [5.41, 5.74) is 0.239.